The number of carbonyl (C=O) groups is 1. The van der Waals surface area contributed by atoms with E-state index in [1.807, 2.05) is 13.8 Å². The first-order valence-corrected chi connectivity index (χ1v) is 5.55. The second kappa shape index (κ2) is 4.78. The van der Waals surface area contributed by atoms with Gasteiger partial charge in [-0.05, 0) is 40.7 Å². The van der Waals surface area contributed by atoms with Crippen LogP contribution in [0.3, 0.4) is 0 Å². The van der Waals surface area contributed by atoms with Crippen LogP contribution >= 0.6 is 0 Å². The summed E-state index contributed by atoms with van der Waals surface area (Å²) < 4.78 is 0. The van der Waals surface area contributed by atoms with Crippen LogP contribution in [0.4, 0.5) is 0 Å². The zero-order valence-corrected chi connectivity index (χ0v) is 9.71. The summed E-state index contributed by atoms with van der Waals surface area (Å²) in [5, 5.41) is 2.98. The second-order valence-corrected chi connectivity index (χ2v) is 4.74. The fourth-order valence-corrected chi connectivity index (χ4v) is 1.87. The summed E-state index contributed by atoms with van der Waals surface area (Å²) in [5.74, 6) is 0.433. The Labute approximate surface area is 86.9 Å². The number of likely N-dealkylation sites (tertiary alicyclic amines) is 1. The number of carbonyl (C=O) groups excluding carboxylic acids is 1. The molecule has 1 fully saturated rings. The molecule has 1 N–H and O–H groups in total. The van der Waals surface area contributed by atoms with Crippen LogP contribution in [-0.4, -0.2) is 36.0 Å². The minimum absolute atomic E-state index is 0.208. The predicted molar refractivity (Wildman–Crippen MR) is 58.1 cm³/mol. The van der Waals surface area contributed by atoms with E-state index >= 15 is 0 Å². The lowest BCUT2D eigenvalue weighted by Crippen LogP contribution is -2.37. The lowest BCUT2D eigenvalue weighted by Gasteiger charge is -2.20. The van der Waals surface area contributed by atoms with E-state index in [4.69, 9.17) is 0 Å². The van der Waals surface area contributed by atoms with Crippen LogP contribution in [-0.2, 0) is 4.79 Å². The first-order chi connectivity index (χ1) is 6.50. The largest absolute Gasteiger partial charge is 0.354 e. The molecule has 0 radical (unpaired) electrons. The molecule has 1 saturated heterocycles. The van der Waals surface area contributed by atoms with Gasteiger partial charge in [0.25, 0.3) is 0 Å². The summed E-state index contributed by atoms with van der Waals surface area (Å²) in [6.07, 6.45) is 1.01. The molecule has 1 amide bonds. The van der Waals surface area contributed by atoms with Gasteiger partial charge in [0.05, 0.1) is 5.92 Å². The van der Waals surface area contributed by atoms with Crippen LogP contribution in [0, 0.1) is 5.92 Å². The minimum Gasteiger partial charge on any atom is -0.354 e. The minimum atomic E-state index is 0.208. The third-order valence-corrected chi connectivity index (χ3v) is 2.75. The van der Waals surface area contributed by atoms with Gasteiger partial charge in [-0.25, -0.2) is 0 Å². The van der Waals surface area contributed by atoms with Crippen LogP contribution in [0.2, 0.25) is 0 Å². The first-order valence-electron chi connectivity index (χ1n) is 5.55. The number of nitrogens with zero attached hydrogens (tertiary/aromatic N) is 1. The molecule has 0 bridgehead atoms. The number of rotatable bonds is 3. The SMILES string of the molecule is CC(C)NC(=O)C1CCN(C(C)C)C1. The predicted octanol–water partition coefficient (Wildman–Crippen LogP) is 1.24. The molecule has 1 heterocycles. The highest BCUT2D eigenvalue weighted by atomic mass is 16.2. The average Bonchev–Trinajstić information content (AvgIpc) is 2.50. The molecule has 1 aliphatic heterocycles. The molecule has 0 aliphatic carbocycles. The van der Waals surface area contributed by atoms with Crippen molar-refractivity contribution < 1.29 is 4.79 Å². The Bertz CT molecular complexity index is 201. The molecule has 3 heteroatoms. The third kappa shape index (κ3) is 2.98. The zero-order valence-electron chi connectivity index (χ0n) is 9.71. The smallest absolute Gasteiger partial charge is 0.224 e. The molecule has 0 aromatic heterocycles. The van der Waals surface area contributed by atoms with Gasteiger partial charge in [0.15, 0.2) is 0 Å². The molecule has 0 saturated carbocycles. The van der Waals surface area contributed by atoms with E-state index in [0.29, 0.717) is 6.04 Å². The maximum Gasteiger partial charge on any atom is 0.224 e. The summed E-state index contributed by atoms with van der Waals surface area (Å²) >= 11 is 0. The average molecular weight is 198 g/mol. The molecule has 1 atom stereocenters. The highest BCUT2D eigenvalue weighted by Gasteiger charge is 2.29. The van der Waals surface area contributed by atoms with Gasteiger partial charge >= 0.3 is 0 Å². The molecular weight excluding hydrogens is 176 g/mol. The lowest BCUT2D eigenvalue weighted by atomic mass is 10.1. The standard InChI is InChI=1S/C11H22N2O/c1-8(2)12-11(14)10-5-6-13(7-10)9(3)4/h8-10H,5-7H2,1-4H3,(H,12,14). The van der Waals surface area contributed by atoms with E-state index < -0.39 is 0 Å². The third-order valence-electron chi connectivity index (χ3n) is 2.75. The Balaban J connectivity index is 2.38. The number of hydrogen-bond donors (Lipinski definition) is 1. The molecular formula is C11H22N2O. The molecule has 0 spiro atoms. The maximum absolute atomic E-state index is 11.7. The number of amides is 1. The van der Waals surface area contributed by atoms with Crippen molar-refractivity contribution in [2.24, 2.45) is 5.92 Å². The van der Waals surface area contributed by atoms with Crippen molar-refractivity contribution in [3.8, 4) is 0 Å². The van der Waals surface area contributed by atoms with E-state index in [2.05, 4.69) is 24.1 Å². The van der Waals surface area contributed by atoms with Crippen molar-refractivity contribution in [1.82, 2.24) is 10.2 Å². The molecule has 1 unspecified atom stereocenters. The van der Waals surface area contributed by atoms with Crippen LogP contribution in [0.5, 0.6) is 0 Å². The highest BCUT2D eigenvalue weighted by Crippen LogP contribution is 2.18. The van der Waals surface area contributed by atoms with Gasteiger partial charge in [0.1, 0.15) is 0 Å². The van der Waals surface area contributed by atoms with Crippen molar-refractivity contribution in [2.75, 3.05) is 13.1 Å². The van der Waals surface area contributed by atoms with E-state index in [0.717, 1.165) is 19.5 Å². The lowest BCUT2D eigenvalue weighted by molar-refractivity contribution is -0.125. The Morgan fingerprint density at radius 3 is 2.43 bits per heavy atom. The van der Waals surface area contributed by atoms with Crippen molar-refractivity contribution in [1.29, 1.82) is 0 Å². The molecule has 3 nitrogen and oxygen atoms in total. The van der Waals surface area contributed by atoms with E-state index in [1.54, 1.807) is 0 Å². The van der Waals surface area contributed by atoms with E-state index in [9.17, 15) is 4.79 Å². The fourth-order valence-electron chi connectivity index (χ4n) is 1.87. The molecule has 14 heavy (non-hydrogen) atoms. The quantitative estimate of drug-likeness (QED) is 0.740. The summed E-state index contributed by atoms with van der Waals surface area (Å²) in [6, 6.07) is 0.822. The van der Waals surface area contributed by atoms with E-state index in [-0.39, 0.29) is 17.9 Å². The van der Waals surface area contributed by atoms with Crippen molar-refractivity contribution in [2.45, 2.75) is 46.2 Å². The van der Waals surface area contributed by atoms with Gasteiger partial charge in [-0.15, -0.1) is 0 Å². The Kier molecular flexibility index (Phi) is 3.93. The van der Waals surface area contributed by atoms with Crippen LogP contribution < -0.4 is 5.32 Å². The monoisotopic (exact) mass is 198 g/mol. The topological polar surface area (TPSA) is 32.3 Å². The summed E-state index contributed by atoms with van der Waals surface area (Å²) in [7, 11) is 0. The first kappa shape index (κ1) is 11.5. The zero-order chi connectivity index (χ0) is 10.7. The van der Waals surface area contributed by atoms with Gasteiger partial charge in [-0.1, -0.05) is 0 Å². The van der Waals surface area contributed by atoms with Crippen LogP contribution in [0.25, 0.3) is 0 Å². The summed E-state index contributed by atoms with van der Waals surface area (Å²) in [5.41, 5.74) is 0. The van der Waals surface area contributed by atoms with Gasteiger partial charge < -0.3 is 10.2 Å². The van der Waals surface area contributed by atoms with Gasteiger partial charge in [-0.3, -0.25) is 4.79 Å². The Hall–Kier alpha value is -0.570. The highest BCUT2D eigenvalue weighted by molar-refractivity contribution is 5.79. The number of nitrogens with one attached hydrogen (secondary N) is 1. The maximum atomic E-state index is 11.7. The van der Waals surface area contributed by atoms with Crippen LogP contribution in [0.1, 0.15) is 34.1 Å². The normalized spacial score (nSPS) is 23.4. The van der Waals surface area contributed by atoms with Crippen LogP contribution in [0.15, 0.2) is 0 Å². The Morgan fingerprint density at radius 2 is 2.00 bits per heavy atom. The molecule has 1 rings (SSSR count). The molecule has 0 aromatic rings. The Morgan fingerprint density at radius 1 is 1.36 bits per heavy atom. The van der Waals surface area contributed by atoms with E-state index in [1.165, 1.54) is 0 Å². The summed E-state index contributed by atoms with van der Waals surface area (Å²) in [4.78, 5) is 14.1. The van der Waals surface area contributed by atoms with Crippen molar-refractivity contribution >= 4 is 5.91 Å². The van der Waals surface area contributed by atoms with Crippen molar-refractivity contribution in [3.05, 3.63) is 0 Å². The molecule has 0 aromatic carbocycles. The van der Waals surface area contributed by atoms with Gasteiger partial charge in [0, 0.05) is 18.6 Å². The second-order valence-electron chi connectivity index (χ2n) is 4.74. The fraction of sp³-hybridized carbons (Fsp3) is 0.909. The van der Waals surface area contributed by atoms with Gasteiger partial charge in [-0.2, -0.15) is 0 Å². The summed E-state index contributed by atoms with van der Waals surface area (Å²) in [6.45, 7) is 10.4. The molecule has 1 aliphatic rings. The van der Waals surface area contributed by atoms with Crippen molar-refractivity contribution in [3.63, 3.8) is 0 Å². The van der Waals surface area contributed by atoms with Gasteiger partial charge in [0.2, 0.25) is 5.91 Å². The molecule has 82 valence electrons. The number of hydrogen-bond acceptors (Lipinski definition) is 2.